The van der Waals surface area contributed by atoms with Crippen LogP contribution in [-0.4, -0.2) is 30.6 Å². The predicted molar refractivity (Wildman–Crippen MR) is 98.6 cm³/mol. The van der Waals surface area contributed by atoms with Gasteiger partial charge in [0.25, 0.3) is 0 Å². The molecule has 0 bridgehead atoms. The second-order valence-electron chi connectivity index (χ2n) is 5.79. The molecule has 0 aliphatic rings. The molecule has 7 nitrogen and oxygen atoms in total. The van der Waals surface area contributed by atoms with E-state index in [1.165, 1.54) is 28.3 Å². The number of thiazole rings is 1. The van der Waals surface area contributed by atoms with Crippen LogP contribution < -0.4 is 5.73 Å². The third-order valence-corrected chi connectivity index (χ3v) is 4.41. The number of halogens is 3. The number of rotatable bonds is 2. The summed E-state index contributed by atoms with van der Waals surface area (Å²) in [6, 6.07) is 5.00. The van der Waals surface area contributed by atoms with Crippen LogP contribution in [0.1, 0.15) is 21.7 Å². The number of nitrogens with two attached hydrogens (primary N) is 1. The van der Waals surface area contributed by atoms with Crippen LogP contribution in [0.5, 0.6) is 0 Å². The summed E-state index contributed by atoms with van der Waals surface area (Å²) in [6.07, 6.45) is -1.32. The Kier molecular flexibility index (Phi) is 5.10. The fourth-order valence-corrected chi connectivity index (χ4v) is 3.04. The van der Waals surface area contributed by atoms with Gasteiger partial charge in [-0.2, -0.15) is 13.2 Å². The van der Waals surface area contributed by atoms with Crippen LogP contribution in [0.3, 0.4) is 0 Å². The van der Waals surface area contributed by atoms with Gasteiger partial charge in [-0.05, 0) is 31.2 Å². The molecular weight excluding hydrogens is 395 g/mol. The molecule has 4 aromatic rings. The SMILES string of the molecule is Cc1cn(-c2cc(N)cc(C(F)(F)F)c2)cn1.O=C(O)c1cc2scnc2[nH]1. The molecule has 0 amide bonds. The zero-order chi connectivity index (χ0) is 20.5. The maximum atomic E-state index is 12.6. The number of hydrogen-bond donors (Lipinski definition) is 3. The fraction of sp³-hybridized carbons (Fsp3) is 0.118. The van der Waals surface area contributed by atoms with E-state index >= 15 is 0 Å². The molecule has 4 N–H and O–H groups in total. The van der Waals surface area contributed by atoms with Gasteiger partial charge in [0.15, 0.2) is 0 Å². The van der Waals surface area contributed by atoms with Crippen LogP contribution in [0.2, 0.25) is 0 Å². The summed E-state index contributed by atoms with van der Waals surface area (Å²) >= 11 is 1.42. The first-order valence-corrected chi connectivity index (χ1v) is 8.65. The van der Waals surface area contributed by atoms with Gasteiger partial charge in [-0.25, -0.2) is 14.8 Å². The number of fused-ring (bicyclic) bond motifs is 1. The lowest BCUT2D eigenvalue weighted by atomic mass is 10.1. The molecule has 0 aliphatic carbocycles. The Labute approximate surface area is 160 Å². The van der Waals surface area contributed by atoms with Gasteiger partial charge in [0.1, 0.15) is 11.3 Å². The lowest BCUT2D eigenvalue weighted by Crippen LogP contribution is -2.07. The van der Waals surface area contributed by atoms with Gasteiger partial charge in [0, 0.05) is 17.6 Å². The lowest BCUT2D eigenvalue weighted by Gasteiger charge is -2.10. The van der Waals surface area contributed by atoms with Crippen molar-refractivity contribution in [1.29, 1.82) is 0 Å². The average molecular weight is 409 g/mol. The Bertz CT molecular complexity index is 1100. The largest absolute Gasteiger partial charge is 0.477 e. The minimum atomic E-state index is -4.40. The molecule has 0 saturated carbocycles. The smallest absolute Gasteiger partial charge is 0.416 e. The number of aromatic carboxylic acids is 1. The topological polar surface area (TPSA) is 110 Å². The average Bonchev–Trinajstić information content (AvgIpc) is 3.29. The number of imidazole rings is 1. The van der Waals surface area contributed by atoms with Crippen molar-refractivity contribution in [2.45, 2.75) is 13.1 Å². The Hall–Kier alpha value is -3.34. The number of nitrogen functional groups attached to an aromatic ring is 1. The summed E-state index contributed by atoms with van der Waals surface area (Å²) in [5.41, 5.74) is 8.35. The summed E-state index contributed by atoms with van der Waals surface area (Å²) in [5.74, 6) is -0.949. The highest BCUT2D eigenvalue weighted by Crippen LogP contribution is 2.32. The first kappa shape index (κ1) is 19.4. The third kappa shape index (κ3) is 4.31. The van der Waals surface area contributed by atoms with Gasteiger partial charge in [-0.3, -0.25) is 0 Å². The van der Waals surface area contributed by atoms with Gasteiger partial charge in [-0.1, -0.05) is 0 Å². The second kappa shape index (κ2) is 7.35. The van der Waals surface area contributed by atoms with Crippen LogP contribution in [0, 0.1) is 6.92 Å². The van der Waals surface area contributed by atoms with Gasteiger partial charge in [0.2, 0.25) is 0 Å². The van der Waals surface area contributed by atoms with Gasteiger partial charge in [-0.15, -0.1) is 11.3 Å². The zero-order valence-electron chi connectivity index (χ0n) is 14.4. The number of alkyl halides is 3. The molecule has 0 atom stereocenters. The normalized spacial score (nSPS) is 11.3. The van der Waals surface area contributed by atoms with Crippen molar-refractivity contribution in [2.24, 2.45) is 0 Å². The third-order valence-electron chi connectivity index (χ3n) is 3.63. The first-order valence-electron chi connectivity index (χ1n) is 7.77. The van der Waals surface area contributed by atoms with E-state index in [0.29, 0.717) is 11.3 Å². The number of anilines is 1. The fourth-order valence-electron chi connectivity index (χ4n) is 2.37. The van der Waals surface area contributed by atoms with E-state index in [4.69, 9.17) is 10.8 Å². The first-order chi connectivity index (χ1) is 13.1. The molecule has 28 heavy (non-hydrogen) atoms. The van der Waals surface area contributed by atoms with Crippen molar-refractivity contribution < 1.29 is 23.1 Å². The van der Waals surface area contributed by atoms with Gasteiger partial charge in [0.05, 0.1) is 27.8 Å². The van der Waals surface area contributed by atoms with Crippen molar-refractivity contribution in [3.8, 4) is 5.69 Å². The highest BCUT2D eigenvalue weighted by atomic mass is 32.1. The zero-order valence-corrected chi connectivity index (χ0v) is 15.2. The monoisotopic (exact) mass is 409 g/mol. The van der Waals surface area contributed by atoms with E-state index in [2.05, 4.69) is 15.0 Å². The summed E-state index contributed by atoms with van der Waals surface area (Å²) in [5, 5.41) is 8.55. The Morgan fingerprint density at radius 2 is 2.00 bits per heavy atom. The molecule has 3 aromatic heterocycles. The number of aromatic nitrogens is 4. The molecule has 11 heteroatoms. The van der Waals surface area contributed by atoms with Crippen LogP contribution >= 0.6 is 11.3 Å². The lowest BCUT2D eigenvalue weighted by molar-refractivity contribution is -0.137. The van der Waals surface area contributed by atoms with E-state index in [9.17, 15) is 18.0 Å². The summed E-state index contributed by atoms with van der Waals surface area (Å²) < 4.78 is 40.1. The molecule has 0 spiro atoms. The van der Waals surface area contributed by atoms with E-state index in [1.54, 1.807) is 24.7 Å². The number of aromatic amines is 1. The molecule has 4 rings (SSSR count). The highest BCUT2D eigenvalue weighted by molar-refractivity contribution is 7.16. The van der Waals surface area contributed by atoms with Gasteiger partial charge < -0.3 is 20.4 Å². The van der Waals surface area contributed by atoms with Crippen LogP contribution in [0.4, 0.5) is 18.9 Å². The molecular formula is C17H14F3N5O2S. The molecule has 1 aromatic carbocycles. The number of aryl methyl sites for hydroxylation is 1. The number of carboxylic acids is 1. The molecule has 3 heterocycles. The van der Waals surface area contributed by atoms with Crippen molar-refractivity contribution in [3.63, 3.8) is 0 Å². The Balaban J connectivity index is 0.000000176. The van der Waals surface area contributed by atoms with Crippen LogP contribution in [-0.2, 0) is 6.18 Å². The van der Waals surface area contributed by atoms with E-state index in [-0.39, 0.29) is 11.4 Å². The van der Waals surface area contributed by atoms with Crippen molar-refractivity contribution in [2.75, 3.05) is 5.73 Å². The summed E-state index contributed by atoms with van der Waals surface area (Å²) in [7, 11) is 0. The second-order valence-corrected chi connectivity index (χ2v) is 6.67. The number of hydrogen-bond acceptors (Lipinski definition) is 5. The van der Waals surface area contributed by atoms with E-state index in [0.717, 1.165) is 22.5 Å². The Morgan fingerprint density at radius 1 is 1.25 bits per heavy atom. The number of H-pyrrole nitrogens is 1. The van der Waals surface area contributed by atoms with Crippen molar-refractivity contribution >= 4 is 33.3 Å². The number of carbonyl (C=O) groups is 1. The van der Waals surface area contributed by atoms with E-state index < -0.39 is 17.7 Å². The minimum absolute atomic E-state index is 0.0705. The predicted octanol–water partition coefficient (Wildman–Crippen LogP) is 4.10. The number of nitrogens with zero attached hydrogens (tertiary/aromatic N) is 3. The van der Waals surface area contributed by atoms with Crippen LogP contribution in [0.25, 0.3) is 16.0 Å². The summed E-state index contributed by atoms with van der Waals surface area (Å²) in [6.45, 7) is 1.76. The number of carboxylic acid groups (broad SMARTS) is 1. The van der Waals surface area contributed by atoms with Crippen molar-refractivity contribution in [1.82, 2.24) is 19.5 Å². The highest BCUT2D eigenvalue weighted by Gasteiger charge is 2.31. The molecule has 146 valence electrons. The molecule has 0 aliphatic heterocycles. The molecule has 0 saturated heterocycles. The quantitative estimate of drug-likeness (QED) is 0.432. The maximum Gasteiger partial charge on any atom is 0.416 e. The molecule has 0 unspecified atom stereocenters. The molecule has 0 fully saturated rings. The number of nitrogens with one attached hydrogen (secondary N) is 1. The Morgan fingerprint density at radius 3 is 2.57 bits per heavy atom. The minimum Gasteiger partial charge on any atom is -0.477 e. The molecule has 0 radical (unpaired) electrons. The maximum absolute atomic E-state index is 12.6. The van der Waals surface area contributed by atoms with Gasteiger partial charge >= 0.3 is 12.1 Å². The number of benzene rings is 1. The summed E-state index contributed by atoms with van der Waals surface area (Å²) in [4.78, 5) is 21.0. The van der Waals surface area contributed by atoms with E-state index in [1.807, 2.05) is 0 Å². The van der Waals surface area contributed by atoms with Crippen molar-refractivity contribution in [3.05, 3.63) is 59.3 Å². The van der Waals surface area contributed by atoms with Crippen LogP contribution in [0.15, 0.2) is 42.3 Å². The standard InChI is InChI=1S/C11H10F3N3.C6H4N2O2S/c1-7-5-17(6-16-7)10-3-8(11(12,13)14)2-9(15)4-10;9-6(10)3-1-4-5(8-3)7-2-11-4/h2-6H,15H2,1H3;1-2,8H,(H,9,10).